The quantitative estimate of drug-likeness (QED) is 0.743. The molecule has 1 amide bonds. The number of thioether (sulfide) groups is 1. The summed E-state index contributed by atoms with van der Waals surface area (Å²) in [7, 11) is 0. The van der Waals surface area contributed by atoms with Gasteiger partial charge >= 0.3 is 0 Å². The maximum absolute atomic E-state index is 12.5. The zero-order chi connectivity index (χ0) is 17.8. The molecular formula is C20H25N3O2S. The second-order valence-corrected chi connectivity index (χ2v) is 8.34. The summed E-state index contributed by atoms with van der Waals surface area (Å²) < 4.78 is 5.41. The van der Waals surface area contributed by atoms with E-state index in [9.17, 15) is 4.79 Å². The first-order valence-corrected chi connectivity index (χ1v) is 10.7. The van der Waals surface area contributed by atoms with Crippen molar-refractivity contribution in [3.05, 3.63) is 47.6 Å². The molecule has 1 saturated heterocycles. The van der Waals surface area contributed by atoms with Gasteiger partial charge in [0.1, 0.15) is 0 Å². The van der Waals surface area contributed by atoms with Crippen LogP contribution in [-0.4, -0.2) is 39.8 Å². The van der Waals surface area contributed by atoms with Gasteiger partial charge in [0.25, 0.3) is 0 Å². The normalized spacial score (nSPS) is 20.3. The van der Waals surface area contributed by atoms with E-state index in [4.69, 9.17) is 4.52 Å². The Morgan fingerprint density at radius 1 is 1.23 bits per heavy atom. The maximum atomic E-state index is 12.5. The Bertz CT molecular complexity index is 730. The molecule has 1 saturated carbocycles. The molecule has 0 N–H and O–H groups in total. The molecule has 4 rings (SSSR count). The minimum absolute atomic E-state index is 0.250. The predicted molar refractivity (Wildman–Crippen MR) is 102 cm³/mol. The van der Waals surface area contributed by atoms with Gasteiger partial charge in [-0.1, -0.05) is 35.5 Å². The van der Waals surface area contributed by atoms with Crippen LogP contribution in [0.1, 0.15) is 48.9 Å². The second-order valence-electron chi connectivity index (χ2n) is 7.35. The Morgan fingerprint density at radius 2 is 2.08 bits per heavy atom. The van der Waals surface area contributed by atoms with Gasteiger partial charge in [-0.15, -0.1) is 11.8 Å². The first-order chi connectivity index (χ1) is 12.8. The Morgan fingerprint density at radius 3 is 2.88 bits per heavy atom. The number of rotatable bonds is 7. The molecule has 0 bridgehead atoms. The third-order valence-corrected chi connectivity index (χ3v) is 6.09. The lowest BCUT2D eigenvalue weighted by atomic mass is 9.95. The molecule has 1 atom stereocenters. The average Bonchev–Trinajstić information content (AvgIpc) is 3.42. The van der Waals surface area contributed by atoms with Crippen LogP contribution in [0.3, 0.4) is 0 Å². The molecule has 6 heteroatoms. The van der Waals surface area contributed by atoms with Crippen molar-refractivity contribution in [3.63, 3.8) is 0 Å². The van der Waals surface area contributed by atoms with Gasteiger partial charge in [0.15, 0.2) is 5.82 Å². The van der Waals surface area contributed by atoms with Crippen molar-refractivity contribution in [1.29, 1.82) is 0 Å². The second kappa shape index (κ2) is 8.25. The summed E-state index contributed by atoms with van der Waals surface area (Å²) in [6, 6.07) is 10.3. The first kappa shape index (κ1) is 17.6. The topological polar surface area (TPSA) is 59.2 Å². The van der Waals surface area contributed by atoms with Crippen LogP contribution in [0.15, 0.2) is 34.9 Å². The van der Waals surface area contributed by atoms with Gasteiger partial charge in [-0.25, -0.2) is 0 Å². The van der Waals surface area contributed by atoms with Crippen molar-refractivity contribution in [2.45, 2.75) is 43.8 Å². The number of hydrogen-bond donors (Lipinski definition) is 0. The summed E-state index contributed by atoms with van der Waals surface area (Å²) in [4.78, 5) is 19.1. The van der Waals surface area contributed by atoms with E-state index in [1.54, 1.807) is 11.8 Å². The van der Waals surface area contributed by atoms with Crippen molar-refractivity contribution < 1.29 is 9.32 Å². The molecule has 5 nitrogen and oxygen atoms in total. The molecule has 1 aromatic heterocycles. The van der Waals surface area contributed by atoms with E-state index >= 15 is 0 Å². The van der Waals surface area contributed by atoms with Crippen molar-refractivity contribution in [3.8, 4) is 0 Å². The Hall–Kier alpha value is -1.82. The van der Waals surface area contributed by atoms with Crippen LogP contribution in [0.2, 0.25) is 0 Å². The SMILES string of the molecule is O=C(CSCc1ccccc1)N1CCC[C@H](Cc2nc(C3CC3)no2)C1. The fourth-order valence-electron chi connectivity index (χ4n) is 3.49. The number of benzene rings is 1. The summed E-state index contributed by atoms with van der Waals surface area (Å²) in [5.74, 6) is 4.26. The number of carbonyl (C=O) groups excluding carboxylic acids is 1. The lowest BCUT2D eigenvalue weighted by Gasteiger charge is -2.32. The van der Waals surface area contributed by atoms with Crippen molar-refractivity contribution in [1.82, 2.24) is 15.0 Å². The zero-order valence-corrected chi connectivity index (χ0v) is 15.8. The van der Waals surface area contributed by atoms with Gasteiger partial charge in [0.05, 0.1) is 5.75 Å². The number of aromatic nitrogens is 2. The van der Waals surface area contributed by atoms with Crippen molar-refractivity contribution in [2.75, 3.05) is 18.8 Å². The number of nitrogens with zero attached hydrogens (tertiary/aromatic N) is 3. The van der Waals surface area contributed by atoms with Crippen molar-refractivity contribution in [2.24, 2.45) is 5.92 Å². The minimum atomic E-state index is 0.250. The lowest BCUT2D eigenvalue weighted by Crippen LogP contribution is -2.41. The standard InChI is InChI=1S/C20H25N3O2S/c24-19(14-26-13-15-5-2-1-3-6-15)23-10-4-7-16(12-23)11-18-21-20(22-25-18)17-8-9-17/h1-3,5-6,16-17H,4,7-14H2/t16-/m1/s1. The molecule has 138 valence electrons. The summed E-state index contributed by atoms with van der Waals surface area (Å²) in [6.45, 7) is 1.68. The molecule has 26 heavy (non-hydrogen) atoms. The van der Waals surface area contributed by atoms with Crippen LogP contribution in [0.5, 0.6) is 0 Å². The number of likely N-dealkylation sites (tertiary alicyclic amines) is 1. The highest BCUT2D eigenvalue weighted by Gasteiger charge is 2.30. The summed E-state index contributed by atoms with van der Waals surface area (Å²) >= 11 is 1.69. The van der Waals surface area contributed by atoms with E-state index in [1.165, 1.54) is 18.4 Å². The third-order valence-electron chi connectivity index (χ3n) is 5.10. The molecule has 1 aliphatic carbocycles. The van der Waals surface area contributed by atoms with Gasteiger partial charge in [-0.05, 0) is 37.2 Å². The molecular weight excluding hydrogens is 346 g/mol. The monoisotopic (exact) mass is 371 g/mol. The molecule has 1 aliphatic heterocycles. The van der Waals surface area contributed by atoms with Gasteiger partial charge in [-0.3, -0.25) is 4.79 Å². The average molecular weight is 372 g/mol. The summed E-state index contributed by atoms with van der Waals surface area (Å²) in [5, 5.41) is 4.10. The van der Waals surface area contributed by atoms with Crippen LogP contribution >= 0.6 is 11.8 Å². The van der Waals surface area contributed by atoms with Gasteiger partial charge in [-0.2, -0.15) is 4.98 Å². The lowest BCUT2D eigenvalue weighted by molar-refractivity contribution is -0.130. The van der Waals surface area contributed by atoms with E-state index in [0.717, 1.165) is 49.8 Å². The molecule has 0 spiro atoms. The highest BCUT2D eigenvalue weighted by molar-refractivity contribution is 7.99. The number of piperidine rings is 1. The highest BCUT2D eigenvalue weighted by atomic mass is 32.2. The fraction of sp³-hybridized carbons (Fsp3) is 0.550. The molecule has 2 aliphatic rings. The summed E-state index contributed by atoms with van der Waals surface area (Å²) in [5.41, 5.74) is 1.27. The molecule has 2 aromatic rings. The van der Waals surface area contributed by atoms with Crippen LogP contribution < -0.4 is 0 Å². The first-order valence-electron chi connectivity index (χ1n) is 9.50. The van der Waals surface area contributed by atoms with Crippen LogP contribution in [0.25, 0.3) is 0 Å². The summed E-state index contributed by atoms with van der Waals surface area (Å²) in [6.07, 6.45) is 5.35. The Balaban J connectivity index is 1.23. The van der Waals surface area contributed by atoms with Crippen LogP contribution in [0.4, 0.5) is 0 Å². The van der Waals surface area contributed by atoms with E-state index in [1.807, 2.05) is 23.1 Å². The van der Waals surface area contributed by atoms with Gasteiger partial charge < -0.3 is 9.42 Å². The smallest absolute Gasteiger partial charge is 0.232 e. The maximum Gasteiger partial charge on any atom is 0.232 e. The zero-order valence-electron chi connectivity index (χ0n) is 15.0. The molecule has 2 heterocycles. The van der Waals surface area contributed by atoms with E-state index in [0.29, 0.717) is 17.6 Å². The van der Waals surface area contributed by atoms with E-state index < -0.39 is 0 Å². The van der Waals surface area contributed by atoms with E-state index in [2.05, 4.69) is 22.3 Å². The minimum Gasteiger partial charge on any atom is -0.342 e. The van der Waals surface area contributed by atoms with Crippen molar-refractivity contribution >= 4 is 17.7 Å². The Kier molecular flexibility index (Phi) is 5.58. The third kappa shape index (κ3) is 4.67. The fourth-order valence-corrected chi connectivity index (χ4v) is 4.37. The largest absolute Gasteiger partial charge is 0.342 e. The van der Waals surface area contributed by atoms with Gasteiger partial charge in [0.2, 0.25) is 11.8 Å². The molecule has 2 fully saturated rings. The van der Waals surface area contributed by atoms with Crippen LogP contribution in [-0.2, 0) is 17.0 Å². The number of hydrogen-bond acceptors (Lipinski definition) is 5. The number of amides is 1. The molecule has 1 aromatic carbocycles. The van der Waals surface area contributed by atoms with Gasteiger partial charge in [0, 0.05) is 31.2 Å². The predicted octanol–water partition coefficient (Wildman–Crippen LogP) is 3.66. The Labute approximate surface area is 158 Å². The van der Waals surface area contributed by atoms with Crippen LogP contribution in [0, 0.1) is 5.92 Å². The highest BCUT2D eigenvalue weighted by Crippen LogP contribution is 2.38. The molecule has 0 radical (unpaired) electrons. The van der Waals surface area contributed by atoms with E-state index in [-0.39, 0.29) is 5.91 Å². The number of carbonyl (C=O) groups is 1. The molecule has 0 unspecified atom stereocenters.